The summed E-state index contributed by atoms with van der Waals surface area (Å²) in [5.74, 6) is 0.169. The number of fused-ring (bicyclic) bond motifs is 1. The van der Waals surface area contributed by atoms with Crippen LogP contribution in [0.2, 0.25) is 0 Å². The van der Waals surface area contributed by atoms with Crippen LogP contribution in [0.25, 0.3) is 0 Å². The molecular weight excluding hydrogens is 420 g/mol. The Hall–Kier alpha value is -1.64. The number of hydrogen-bond donors (Lipinski definition) is 0. The van der Waals surface area contributed by atoms with Crippen molar-refractivity contribution in [3.8, 4) is 0 Å². The zero-order chi connectivity index (χ0) is 18.7. The summed E-state index contributed by atoms with van der Waals surface area (Å²) in [6.07, 6.45) is 0.412. The second-order valence-corrected chi connectivity index (χ2v) is 7.72. The van der Waals surface area contributed by atoms with Crippen LogP contribution in [0.3, 0.4) is 0 Å². The Labute approximate surface area is 164 Å². The molecule has 1 aromatic rings. The number of ether oxygens (including phenoxy) is 2. The number of carbonyl (C=O) groups is 2. The van der Waals surface area contributed by atoms with Gasteiger partial charge in [-0.1, -0.05) is 45.9 Å². The van der Waals surface area contributed by atoms with Gasteiger partial charge in [-0.2, -0.15) is 0 Å². The number of allylic oxidation sites excluding steroid dienone is 1. The van der Waals surface area contributed by atoms with Crippen LogP contribution in [0.1, 0.15) is 24.9 Å². The highest BCUT2D eigenvalue weighted by Crippen LogP contribution is 2.42. The Morgan fingerprint density at radius 3 is 2.88 bits per heavy atom. The molecule has 0 bridgehead atoms. The van der Waals surface area contributed by atoms with Gasteiger partial charge in [0, 0.05) is 23.8 Å². The number of rotatable bonds is 5. The first-order valence-corrected chi connectivity index (χ1v) is 9.97. The van der Waals surface area contributed by atoms with Crippen LogP contribution in [0, 0.1) is 0 Å². The molecule has 2 heterocycles. The van der Waals surface area contributed by atoms with Crippen molar-refractivity contribution in [3.05, 3.63) is 45.6 Å². The largest absolute Gasteiger partial charge is 0.460 e. The maximum absolute atomic E-state index is 12.8. The minimum Gasteiger partial charge on any atom is -0.460 e. The van der Waals surface area contributed by atoms with Gasteiger partial charge in [-0.3, -0.25) is 9.69 Å². The van der Waals surface area contributed by atoms with E-state index in [1.807, 2.05) is 24.3 Å². The molecule has 6 nitrogen and oxygen atoms in total. The molecular formula is C18H19BrN2O4S. The van der Waals surface area contributed by atoms with Crippen molar-refractivity contribution in [2.45, 2.75) is 19.4 Å². The fourth-order valence-electron chi connectivity index (χ4n) is 2.94. The molecule has 8 heteroatoms. The summed E-state index contributed by atoms with van der Waals surface area (Å²) in [6, 6.07) is 7.01. The molecule has 1 atom stereocenters. The number of nitrogens with zero attached hydrogens (tertiary/aromatic N) is 2. The van der Waals surface area contributed by atoms with Crippen LogP contribution in [-0.4, -0.2) is 48.0 Å². The van der Waals surface area contributed by atoms with Crippen molar-refractivity contribution in [1.82, 2.24) is 4.90 Å². The molecule has 0 spiro atoms. The van der Waals surface area contributed by atoms with E-state index in [0.29, 0.717) is 35.2 Å². The first-order chi connectivity index (χ1) is 12.5. The summed E-state index contributed by atoms with van der Waals surface area (Å²) in [7, 11) is 1.54. The number of amidine groups is 1. The molecule has 1 amide bonds. The van der Waals surface area contributed by atoms with Gasteiger partial charge < -0.3 is 9.47 Å². The lowest BCUT2D eigenvalue weighted by Gasteiger charge is -2.39. The Bertz CT molecular complexity index is 793. The summed E-state index contributed by atoms with van der Waals surface area (Å²) >= 11 is 5.08. The van der Waals surface area contributed by atoms with Gasteiger partial charge in [-0.15, -0.1) is 0 Å². The summed E-state index contributed by atoms with van der Waals surface area (Å²) < 4.78 is 11.1. The van der Waals surface area contributed by atoms with Crippen LogP contribution in [0.15, 0.2) is 45.0 Å². The normalized spacial score (nSPS) is 20.0. The van der Waals surface area contributed by atoms with E-state index in [2.05, 4.69) is 20.9 Å². The van der Waals surface area contributed by atoms with Crippen molar-refractivity contribution in [3.63, 3.8) is 0 Å². The summed E-state index contributed by atoms with van der Waals surface area (Å²) in [4.78, 5) is 31.6. The predicted molar refractivity (Wildman–Crippen MR) is 104 cm³/mol. The molecule has 0 aromatic heterocycles. The van der Waals surface area contributed by atoms with E-state index in [0.717, 1.165) is 10.0 Å². The zero-order valence-electron chi connectivity index (χ0n) is 14.5. The van der Waals surface area contributed by atoms with Crippen LogP contribution in [0.5, 0.6) is 0 Å². The van der Waals surface area contributed by atoms with Crippen LogP contribution < -0.4 is 0 Å². The van der Waals surface area contributed by atoms with Gasteiger partial charge in [0.25, 0.3) is 0 Å². The van der Waals surface area contributed by atoms with Crippen LogP contribution >= 0.6 is 27.7 Å². The fraction of sp³-hybridized carbons (Fsp3) is 0.389. The van der Waals surface area contributed by atoms with E-state index in [-0.39, 0.29) is 12.5 Å². The van der Waals surface area contributed by atoms with Crippen molar-refractivity contribution in [1.29, 1.82) is 0 Å². The minimum atomic E-state index is -0.562. The van der Waals surface area contributed by atoms with Gasteiger partial charge in [-0.25, -0.2) is 9.79 Å². The van der Waals surface area contributed by atoms with E-state index in [1.54, 1.807) is 18.9 Å². The van der Waals surface area contributed by atoms with E-state index in [1.165, 1.54) is 11.8 Å². The van der Waals surface area contributed by atoms with Gasteiger partial charge in [0.05, 0.1) is 23.9 Å². The van der Waals surface area contributed by atoms with E-state index in [4.69, 9.17) is 9.47 Å². The zero-order valence-corrected chi connectivity index (χ0v) is 16.9. The first kappa shape index (κ1) is 19.1. The van der Waals surface area contributed by atoms with Crippen molar-refractivity contribution in [2.75, 3.05) is 26.1 Å². The van der Waals surface area contributed by atoms with Gasteiger partial charge in [-0.05, 0) is 18.6 Å². The maximum atomic E-state index is 12.8. The number of hydrogen-bond acceptors (Lipinski definition) is 6. The summed E-state index contributed by atoms with van der Waals surface area (Å²) in [5.41, 5.74) is 1.78. The van der Waals surface area contributed by atoms with Gasteiger partial charge >= 0.3 is 5.97 Å². The molecule has 0 radical (unpaired) electrons. The number of aliphatic imine (C=N–C) groups is 1. The highest BCUT2D eigenvalue weighted by atomic mass is 79.9. The lowest BCUT2D eigenvalue weighted by molar-refractivity contribution is -0.141. The first-order valence-electron chi connectivity index (χ1n) is 8.19. The topological polar surface area (TPSA) is 68.2 Å². The van der Waals surface area contributed by atoms with Gasteiger partial charge in [0.2, 0.25) is 5.91 Å². The molecule has 0 N–H and O–H groups in total. The molecule has 3 rings (SSSR count). The molecule has 0 saturated carbocycles. The van der Waals surface area contributed by atoms with Crippen molar-refractivity contribution < 1.29 is 19.1 Å². The average Bonchev–Trinajstić information content (AvgIpc) is 2.61. The number of thioether (sulfide) groups is 1. The molecule has 1 aromatic carbocycles. The standard InChI is InChI=1S/C18H19BrN2O4S/c1-11-15(17(23)25-9-8-24-2)16(12-5-3-4-6-13(12)19)21-14(22)7-10-26-18(21)20-11/h3-6,16H,7-10H2,1-2H3. The molecule has 2 aliphatic rings. The highest BCUT2D eigenvalue weighted by molar-refractivity contribution is 9.10. The molecule has 138 valence electrons. The van der Waals surface area contributed by atoms with Gasteiger partial charge in [0.1, 0.15) is 6.61 Å². The van der Waals surface area contributed by atoms with Gasteiger partial charge in [0.15, 0.2) is 5.17 Å². The third-order valence-electron chi connectivity index (χ3n) is 4.15. The molecule has 2 aliphatic heterocycles. The number of esters is 1. The van der Waals surface area contributed by atoms with E-state index < -0.39 is 12.0 Å². The number of benzene rings is 1. The Morgan fingerprint density at radius 1 is 1.38 bits per heavy atom. The number of halogens is 1. The number of amides is 1. The molecule has 0 aliphatic carbocycles. The smallest absolute Gasteiger partial charge is 0.338 e. The Kier molecular flexibility index (Phi) is 6.16. The quantitative estimate of drug-likeness (QED) is 0.521. The molecule has 1 unspecified atom stereocenters. The highest BCUT2D eigenvalue weighted by Gasteiger charge is 2.42. The maximum Gasteiger partial charge on any atom is 0.338 e. The second-order valence-electron chi connectivity index (χ2n) is 5.81. The summed E-state index contributed by atoms with van der Waals surface area (Å²) in [6.45, 7) is 2.24. The van der Waals surface area contributed by atoms with Crippen molar-refractivity contribution >= 4 is 44.7 Å². The monoisotopic (exact) mass is 438 g/mol. The fourth-order valence-corrected chi connectivity index (χ4v) is 4.45. The number of carbonyl (C=O) groups excluding carboxylic acids is 2. The summed E-state index contributed by atoms with van der Waals surface area (Å²) in [5, 5.41) is 0.632. The SMILES string of the molecule is COCCOC(=O)C1=C(C)N=C2SCCC(=O)N2C1c1ccccc1Br. The molecule has 26 heavy (non-hydrogen) atoms. The Balaban J connectivity index is 2.07. The third kappa shape index (κ3) is 3.72. The van der Waals surface area contributed by atoms with Crippen LogP contribution in [0.4, 0.5) is 0 Å². The number of methoxy groups -OCH3 is 1. The Morgan fingerprint density at radius 2 is 2.15 bits per heavy atom. The lowest BCUT2D eigenvalue weighted by Crippen LogP contribution is -2.46. The van der Waals surface area contributed by atoms with E-state index >= 15 is 0 Å². The van der Waals surface area contributed by atoms with Crippen LogP contribution in [-0.2, 0) is 19.1 Å². The second kappa shape index (κ2) is 8.37. The molecule has 1 saturated heterocycles. The molecule has 1 fully saturated rings. The minimum absolute atomic E-state index is 0.0436. The predicted octanol–water partition coefficient (Wildman–Crippen LogP) is 3.29. The lowest BCUT2D eigenvalue weighted by atomic mass is 9.94. The van der Waals surface area contributed by atoms with Crippen molar-refractivity contribution in [2.24, 2.45) is 4.99 Å². The van der Waals surface area contributed by atoms with E-state index in [9.17, 15) is 9.59 Å². The third-order valence-corrected chi connectivity index (χ3v) is 5.82. The average molecular weight is 439 g/mol.